The van der Waals surface area contributed by atoms with E-state index in [4.69, 9.17) is 0 Å². The van der Waals surface area contributed by atoms with Crippen LogP contribution in [0, 0.1) is 5.82 Å². The van der Waals surface area contributed by atoms with Gasteiger partial charge in [-0.1, -0.05) is 24.3 Å². The second kappa shape index (κ2) is 7.37. The van der Waals surface area contributed by atoms with E-state index in [1.165, 1.54) is 42.5 Å². The minimum atomic E-state index is -3.73. The maximum atomic E-state index is 13.2. The largest absolute Gasteiger partial charge is 0.322 e. The van der Waals surface area contributed by atoms with Crippen molar-refractivity contribution < 1.29 is 17.6 Å². The number of amides is 1. The summed E-state index contributed by atoms with van der Waals surface area (Å²) in [5, 5.41) is 2.59. The van der Waals surface area contributed by atoms with Gasteiger partial charge in [-0.25, -0.2) is 12.8 Å². The molecule has 1 amide bonds. The monoisotopic (exact) mass is 370 g/mol. The van der Waals surface area contributed by atoms with E-state index in [9.17, 15) is 17.6 Å². The molecule has 0 aromatic heterocycles. The highest BCUT2D eigenvalue weighted by molar-refractivity contribution is 7.92. The summed E-state index contributed by atoms with van der Waals surface area (Å²) in [5.41, 5.74) is 1.03. The van der Waals surface area contributed by atoms with E-state index in [0.717, 1.165) is 6.07 Å². The Kier molecular flexibility index (Phi) is 4.99. The van der Waals surface area contributed by atoms with Gasteiger partial charge in [0.15, 0.2) is 0 Å². The summed E-state index contributed by atoms with van der Waals surface area (Å²) in [7, 11) is -3.73. The van der Waals surface area contributed by atoms with Crippen LogP contribution in [0.25, 0.3) is 0 Å². The molecule has 5 nitrogen and oxygen atoms in total. The number of carbonyl (C=O) groups is 1. The zero-order valence-corrected chi connectivity index (χ0v) is 14.3. The first-order valence-electron chi connectivity index (χ1n) is 7.69. The summed E-state index contributed by atoms with van der Waals surface area (Å²) < 4.78 is 40.4. The molecular formula is C19H15FN2O3S. The standard InChI is InChI=1S/C19H15FN2O3S/c20-15-6-4-5-14(13-15)19(23)21-16-9-11-18(12-10-16)26(24,25)22-17-7-2-1-3-8-17/h1-13,22H,(H,21,23). The van der Waals surface area contributed by atoms with Crippen molar-refractivity contribution >= 4 is 27.3 Å². The van der Waals surface area contributed by atoms with E-state index in [0.29, 0.717) is 11.4 Å². The first-order chi connectivity index (χ1) is 12.4. The Labute approximate surface area is 150 Å². The number of hydrogen-bond donors (Lipinski definition) is 2. The molecule has 0 unspecified atom stereocenters. The molecule has 26 heavy (non-hydrogen) atoms. The van der Waals surface area contributed by atoms with Gasteiger partial charge in [0, 0.05) is 16.9 Å². The second-order valence-electron chi connectivity index (χ2n) is 5.46. The summed E-state index contributed by atoms with van der Waals surface area (Å²) in [6.45, 7) is 0. The number of anilines is 2. The third kappa shape index (κ3) is 4.25. The highest BCUT2D eigenvalue weighted by Gasteiger charge is 2.14. The van der Waals surface area contributed by atoms with Crippen LogP contribution in [0.2, 0.25) is 0 Å². The fraction of sp³-hybridized carbons (Fsp3) is 0. The second-order valence-corrected chi connectivity index (χ2v) is 7.14. The number of nitrogens with one attached hydrogen (secondary N) is 2. The predicted molar refractivity (Wildman–Crippen MR) is 98.0 cm³/mol. The summed E-state index contributed by atoms with van der Waals surface area (Å²) in [4.78, 5) is 12.1. The molecule has 3 rings (SSSR count). The molecule has 0 atom stereocenters. The average molecular weight is 370 g/mol. The minimum absolute atomic E-state index is 0.0603. The molecule has 0 radical (unpaired) electrons. The summed E-state index contributed by atoms with van der Waals surface area (Å²) in [6.07, 6.45) is 0. The Balaban J connectivity index is 1.73. The molecule has 132 valence electrons. The van der Waals surface area contributed by atoms with Crippen LogP contribution in [0.1, 0.15) is 10.4 Å². The number of benzene rings is 3. The van der Waals surface area contributed by atoms with Gasteiger partial charge < -0.3 is 5.32 Å². The van der Waals surface area contributed by atoms with Crippen LogP contribution in [-0.4, -0.2) is 14.3 Å². The Hall–Kier alpha value is -3.19. The number of para-hydroxylation sites is 1. The van der Waals surface area contributed by atoms with Crippen LogP contribution in [0.4, 0.5) is 15.8 Å². The van der Waals surface area contributed by atoms with Gasteiger partial charge in [0.1, 0.15) is 5.82 Å². The van der Waals surface area contributed by atoms with Gasteiger partial charge in [-0.15, -0.1) is 0 Å². The van der Waals surface area contributed by atoms with Gasteiger partial charge in [0.05, 0.1) is 4.90 Å². The van der Waals surface area contributed by atoms with Gasteiger partial charge in [-0.2, -0.15) is 0 Å². The van der Waals surface area contributed by atoms with Crippen molar-refractivity contribution in [1.29, 1.82) is 0 Å². The number of hydrogen-bond acceptors (Lipinski definition) is 3. The van der Waals surface area contributed by atoms with Gasteiger partial charge in [0.25, 0.3) is 15.9 Å². The van der Waals surface area contributed by atoms with Crippen LogP contribution in [0.15, 0.2) is 83.8 Å². The van der Waals surface area contributed by atoms with Crippen LogP contribution in [-0.2, 0) is 10.0 Å². The summed E-state index contributed by atoms with van der Waals surface area (Å²) in [6, 6.07) is 19.5. The lowest BCUT2D eigenvalue weighted by molar-refractivity contribution is 0.102. The molecule has 0 spiro atoms. The smallest absolute Gasteiger partial charge is 0.261 e. The Morgan fingerprint density at radius 2 is 1.50 bits per heavy atom. The maximum absolute atomic E-state index is 13.2. The van der Waals surface area contributed by atoms with Crippen molar-refractivity contribution in [2.75, 3.05) is 10.0 Å². The Bertz CT molecular complexity index is 1020. The fourth-order valence-corrected chi connectivity index (χ4v) is 3.33. The van der Waals surface area contributed by atoms with E-state index in [1.807, 2.05) is 0 Å². The van der Waals surface area contributed by atoms with E-state index in [1.54, 1.807) is 30.3 Å². The summed E-state index contributed by atoms with van der Waals surface area (Å²) in [5.74, 6) is -0.992. The number of sulfonamides is 1. The molecule has 0 fully saturated rings. The van der Waals surface area contributed by atoms with E-state index < -0.39 is 21.7 Å². The quantitative estimate of drug-likeness (QED) is 0.716. The topological polar surface area (TPSA) is 75.3 Å². The Morgan fingerprint density at radius 3 is 2.15 bits per heavy atom. The van der Waals surface area contributed by atoms with Crippen molar-refractivity contribution in [2.45, 2.75) is 4.90 Å². The third-order valence-electron chi connectivity index (χ3n) is 3.54. The Morgan fingerprint density at radius 1 is 0.808 bits per heavy atom. The highest BCUT2D eigenvalue weighted by Crippen LogP contribution is 2.18. The molecular weight excluding hydrogens is 355 g/mol. The molecule has 7 heteroatoms. The molecule has 0 bridgehead atoms. The maximum Gasteiger partial charge on any atom is 0.261 e. The number of carbonyl (C=O) groups excluding carboxylic acids is 1. The van der Waals surface area contributed by atoms with E-state index >= 15 is 0 Å². The fourth-order valence-electron chi connectivity index (χ4n) is 2.27. The highest BCUT2D eigenvalue weighted by atomic mass is 32.2. The first-order valence-corrected chi connectivity index (χ1v) is 9.17. The van der Waals surface area contributed by atoms with Gasteiger partial charge in [-0.3, -0.25) is 9.52 Å². The summed E-state index contributed by atoms with van der Waals surface area (Å²) >= 11 is 0. The molecule has 0 aliphatic carbocycles. The van der Waals surface area contributed by atoms with Gasteiger partial charge in [-0.05, 0) is 54.6 Å². The van der Waals surface area contributed by atoms with Gasteiger partial charge >= 0.3 is 0 Å². The molecule has 3 aromatic carbocycles. The molecule has 2 N–H and O–H groups in total. The third-order valence-corrected chi connectivity index (χ3v) is 4.93. The molecule has 3 aromatic rings. The molecule has 0 aliphatic rings. The number of rotatable bonds is 5. The molecule has 0 saturated heterocycles. The zero-order chi connectivity index (χ0) is 18.6. The van der Waals surface area contributed by atoms with E-state index in [2.05, 4.69) is 10.0 Å². The van der Waals surface area contributed by atoms with Crippen LogP contribution < -0.4 is 10.0 Å². The van der Waals surface area contributed by atoms with Crippen molar-refractivity contribution in [3.63, 3.8) is 0 Å². The van der Waals surface area contributed by atoms with Crippen LogP contribution in [0.5, 0.6) is 0 Å². The van der Waals surface area contributed by atoms with Crippen molar-refractivity contribution in [3.05, 3.63) is 90.2 Å². The number of halogens is 1. The lowest BCUT2D eigenvalue weighted by Crippen LogP contribution is -2.14. The van der Waals surface area contributed by atoms with Crippen molar-refractivity contribution in [1.82, 2.24) is 0 Å². The van der Waals surface area contributed by atoms with Crippen LogP contribution in [0.3, 0.4) is 0 Å². The van der Waals surface area contributed by atoms with Crippen molar-refractivity contribution in [2.24, 2.45) is 0 Å². The average Bonchev–Trinajstić information content (AvgIpc) is 2.62. The zero-order valence-electron chi connectivity index (χ0n) is 13.5. The normalized spacial score (nSPS) is 11.0. The van der Waals surface area contributed by atoms with E-state index in [-0.39, 0.29) is 10.5 Å². The SMILES string of the molecule is O=C(Nc1ccc(S(=O)(=O)Nc2ccccc2)cc1)c1cccc(F)c1. The minimum Gasteiger partial charge on any atom is -0.322 e. The molecule has 0 saturated carbocycles. The van der Waals surface area contributed by atoms with Crippen molar-refractivity contribution in [3.8, 4) is 0 Å². The molecule has 0 aliphatic heterocycles. The lowest BCUT2D eigenvalue weighted by atomic mass is 10.2. The van der Waals surface area contributed by atoms with Crippen LogP contribution >= 0.6 is 0 Å². The predicted octanol–water partition coefficient (Wildman–Crippen LogP) is 3.88. The molecule has 0 heterocycles. The van der Waals surface area contributed by atoms with Gasteiger partial charge in [0.2, 0.25) is 0 Å². The lowest BCUT2D eigenvalue weighted by Gasteiger charge is -2.09. The first kappa shape index (κ1) is 17.6.